The molecular formula is C7H9Li2NO5. The van der Waals surface area contributed by atoms with Crippen LogP contribution in [0.2, 0.25) is 0 Å². The average Bonchev–Trinajstić information content (AvgIpc) is 1.96. The van der Waals surface area contributed by atoms with Gasteiger partial charge in [0.1, 0.15) is 6.04 Å². The molecule has 0 fully saturated rings. The number of aliphatic carboxylic acids is 2. The van der Waals surface area contributed by atoms with Crippen molar-refractivity contribution in [2.24, 2.45) is 4.99 Å². The third-order valence-corrected chi connectivity index (χ3v) is 1.24. The molecule has 0 saturated carbocycles. The van der Waals surface area contributed by atoms with Crippen LogP contribution in [-0.2, 0) is 9.59 Å². The Morgan fingerprint density at radius 1 is 1.33 bits per heavy atom. The van der Waals surface area contributed by atoms with Gasteiger partial charge in [-0.25, -0.2) is 4.79 Å². The summed E-state index contributed by atoms with van der Waals surface area (Å²) in [5.74, 6) is -3.30. The van der Waals surface area contributed by atoms with Crippen LogP contribution in [0.15, 0.2) is 4.99 Å². The molecule has 0 aliphatic heterocycles. The number of hydrogen-bond donors (Lipinski definition) is 1. The minimum Gasteiger partial charge on any atom is -0.862 e. The van der Waals surface area contributed by atoms with Crippen LogP contribution in [-0.4, -0.2) is 29.0 Å². The van der Waals surface area contributed by atoms with Crippen molar-refractivity contribution >= 4 is 17.8 Å². The van der Waals surface area contributed by atoms with Crippen LogP contribution in [0.3, 0.4) is 0 Å². The molecule has 0 spiro atoms. The van der Waals surface area contributed by atoms with E-state index in [9.17, 15) is 19.8 Å². The van der Waals surface area contributed by atoms with E-state index in [1.165, 1.54) is 0 Å². The van der Waals surface area contributed by atoms with Gasteiger partial charge in [0.05, 0.1) is 0 Å². The van der Waals surface area contributed by atoms with Gasteiger partial charge < -0.3 is 20.1 Å². The quantitative estimate of drug-likeness (QED) is 0.269. The van der Waals surface area contributed by atoms with Gasteiger partial charge in [0, 0.05) is 5.97 Å². The van der Waals surface area contributed by atoms with Gasteiger partial charge in [-0.3, -0.25) is 4.99 Å². The number of nitrogens with zero attached hydrogens (tertiary/aromatic N) is 1. The minimum atomic E-state index is -1.36. The number of carboxylic acids is 2. The predicted octanol–water partition coefficient (Wildman–Crippen LogP) is -8.24. The normalized spacial score (nSPS) is 11.9. The fraction of sp³-hybridized carbons (Fsp3) is 0.571. The molecule has 0 aliphatic rings. The van der Waals surface area contributed by atoms with Crippen molar-refractivity contribution in [1.29, 1.82) is 0 Å². The van der Waals surface area contributed by atoms with Crippen molar-refractivity contribution in [2.45, 2.75) is 25.8 Å². The summed E-state index contributed by atoms with van der Waals surface area (Å²) in [7, 11) is 0. The Morgan fingerprint density at radius 3 is 2.07 bits per heavy atom. The summed E-state index contributed by atoms with van der Waals surface area (Å²) in [5.41, 5.74) is 0. The van der Waals surface area contributed by atoms with Gasteiger partial charge in [0.2, 0.25) is 0 Å². The zero-order chi connectivity index (χ0) is 10.4. The van der Waals surface area contributed by atoms with Crippen molar-refractivity contribution in [3.05, 3.63) is 0 Å². The van der Waals surface area contributed by atoms with Crippen LogP contribution in [0.25, 0.3) is 0 Å². The SMILES string of the molecule is CC([O-])=N[C@@H](CCC(=O)[O-])C(=O)O.[Li+].[Li+]. The molecule has 0 saturated heterocycles. The molecule has 0 bridgehead atoms. The summed E-state index contributed by atoms with van der Waals surface area (Å²) in [6, 6.07) is -1.28. The summed E-state index contributed by atoms with van der Waals surface area (Å²) in [6.07, 6.45) is -0.648. The van der Waals surface area contributed by atoms with E-state index in [2.05, 4.69) is 4.99 Å². The van der Waals surface area contributed by atoms with E-state index in [-0.39, 0.29) is 44.1 Å². The molecule has 0 aliphatic carbocycles. The predicted molar refractivity (Wildman–Crippen MR) is 38.8 cm³/mol. The van der Waals surface area contributed by atoms with E-state index in [0.717, 1.165) is 6.92 Å². The molecule has 0 aromatic heterocycles. The second-order valence-electron chi connectivity index (χ2n) is 2.41. The first-order chi connectivity index (χ1) is 5.93. The van der Waals surface area contributed by atoms with E-state index in [1.54, 1.807) is 0 Å². The maximum absolute atomic E-state index is 10.4. The maximum Gasteiger partial charge on any atom is 1.00 e. The van der Waals surface area contributed by atoms with Crippen LogP contribution in [0.4, 0.5) is 0 Å². The first-order valence-corrected chi connectivity index (χ1v) is 3.57. The Labute approximate surface area is 111 Å². The standard InChI is InChI=1S/C7H11NO5.2Li/c1-4(9)8-5(7(12)13)2-3-6(10)11;;/h5H,2-3H2,1H3,(H,8,9)(H,10,11)(H,12,13);;/q;2*+1/p-2/t5-;;/m0../s1. The van der Waals surface area contributed by atoms with Gasteiger partial charge in [-0.2, -0.15) is 0 Å². The van der Waals surface area contributed by atoms with E-state index in [4.69, 9.17) is 5.11 Å². The Morgan fingerprint density at radius 2 is 1.80 bits per heavy atom. The van der Waals surface area contributed by atoms with Gasteiger partial charge in [-0.1, -0.05) is 0 Å². The molecule has 6 nitrogen and oxygen atoms in total. The van der Waals surface area contributed by atoms with Gasteiger partial charge >= 0.3 is 43.7 Å². The van der Waals surface area contributed by atoms with E-state index in [1.807, 2.05) is 0 Å². The summed E-state index contributed by atoms with van der Waals surface area (Å²) >= 11 is 0. The van der Waals surface area contributed by atoms with Crippen LogP contribution in [0, 0.1) is 0 Å². The minimum absolute atomic E-state index is 0. The molecule has 0 rings (SSSR count). The second-order valence-corrected chi connectivity index (χ2v) is 2.41. The summed E-state index contributed by atoms with van der Waals surface area (Å²) < 4.78 is 0. The fourth-order valence-electron chi connectivity index (χ4n) is 0.717. The molecular weight excluding hydrogens is 192 g/mol. The van der Waals surface area contributed by atoms with Gasteiger partial charge in [-0.05, 0) is 25.7 Å². The van der Waals surface area contributed by atoms with E-state index < -0.39 is 30.3 Å². The average molecular weight is 201 g/mol. The fourth-order valence-corrected chi connectivity index (χ4v) is 0.717. The molecule has 0 radical (unpaired) electrons. The summed E-state index contributed by atoms with van der Waals surface area (Å²) in [4.78, 5) is 23.6. The van der Waals surface area contributed by atoms with Crippen molar-refractivity contribution in [2.75, 3.05) is 0 Å². The van der Waals surface area contributed by atoms with Crippen molar-refractivity contribution < 1.29 is 62.6 Å². The second kappa shape index (κ2) is 10.1. The third-order valence-electron chi connectivity index (χ3n) is 1.24. The van der Waals surface area contributed by atoms with Crippen LogP contribution < -0.4 is 47.9 Å². The molecule has 0 unspecified atom stereocenters. The molecule has 0 heterocycles. The molecule has 0 aromatic carbocycles. The topological polar surface area (TPSA) is 113 Å². The van der Waals surface area contributed by atoms with Gasteiger partial charge in [0.15, 0.2) is 0 Å². The molecule has 1 N–H and O–H groups in total. The van der Waals surface area contributed by atoms with E-state index >= 15 is 0 Å². The van der Waals surface area contributed by atoms with Crippen molar-refractivity contribution in [1.82, 2.24) is 0 Å². The number of carbonyl (C=O) groups is 2. The monoisotopic (exact) mass is 201 g/mol. The number of hydrogen-bond acceptors (Lipinski definition) is 5. The summed E-state index contributed by atoms with van der Waals surface area (Å²) in [6.45, 7) is 1.11. The first kappa shape index (κ1) is 20.1. The largest absolute Gasteiger partial charge is 1.00 e. The zero-order valence-electron chi connectivity index (χ0n) is 9.02. The molecule has 1 atom stereocenters. The Bertz CT molecular complexity index is 240. The van der Waals surface area contributed by atoms with Crippen molar-refractivity contribution in [3.8, 4) is 0 Å². The summed E-state index contributed by atoms with van der Waals surface area (Å²) in [5, 5.41) is 28.9. The Balaban J connectivity index is -0.000000720. The number of aliphatic imine (C=N–C) groups is 1. The van der Waals surface area contributed by atoms with Gasteiger partial charge in [0.25, 0.3) is 0 Å². The number of carbonyl (C=O) groups excluding carboxylic acids is 1. The molecule has 0 aromatic rings. The molecule has 74 valence electrons. The van der Waals surface area contributed by atoms with Gasteiger partial charge in [-0.15, -0.1) is 0 Å². The number of carboxylic acid groups (broad SMARTS) is 2. The molecule has 0 amide bonds. The van der Waals surface area contributed by atoms with Crippen LogP contribution in [0.1, 0.15) is 19.8 Å². The maximum atomic E-state index is 10.4. The molecule has 15 heavy (non-hydrogen) atoms. The first-order valence-electron chi connectivity index (χ1n) is 3.57. The Kier molecular flexibility index (Phi) is 13.6. The van der Waals surface area contributed by atoms with Crippen LogP contribution >= 0.6 is 0 Å². The zero-order valence-corrected chi connectivity index (χ0v) is 9.02. The molecule has 8 heteroatoms. The van der Waals surface area contributed by atoms with Crippen molar-refractivity contribution in [3.63, 3.8) is 0 Å². The number of rotatable bonds is 5. The Hall–Kier alpha value is -0.395. The van der Waals surface area contributed by atoms with E-state index in [0.29, 0.717) is 0 Å². The van der Waals surface area contributed by atoms with Crippen LogP contribution in [0.5, 0.6) is 0 Å². The smallest absolute Gasteiger partial charge is 0.862 e. The third kappa shape index (κ3) is 11.5.